The summed E-state index contributed by atoms with van der Waals surface area (Å²) in [5, 5.41) is 17.4. The first-order chi connectivity index (χ1) is 10.1. The first-order valence-corrected chi connectivity index (χ1v) is 7.70. The highest BCUT2D eigenvalue weighted by Crippen LogP contribution is 2.27. The molecule has 116 valence electrons. The highest BCUT2D eigenvalue weighted by Gasteiger charge is 2.35. The number of nitrogens with zero attached hydrogens (tertiary/aromatic N) is 5. The van der Waals surface area contributed by atoms with Crippen molar-refractivity contribution in [2.24, 2.45) is 0 Å². The largest absolute Gasteiger partial charge is 0.387 e. The van der Waals surface area contributed by atoms with E-state index in [1.807, 2.05) is 4.90 Å². The van der Waals surface area contributed by atoms with Gasteiger partial charge in [-0.3, -0.25) is 9.69 Å². The summed E-state index contributed by atoms with van der Waals surface area (Å²) < 4.78 is 1.75. The fraction of sp³-hybridized carbons (Fsp3) is 0.786. The topological polar surface area (TPSA) is 74.5 Å². The number of aromatic nitrogens is 3. The molecule has 1 aromatic rings. The summed E-state index contributed by atoms with van der Waals surface area (Å²) in [6.07, 6.45) is 3.61. The minimum Gasteiger partial charge on any atom is -0.387 e. The van der Waals surface area contributed by atoms with Crippen molar-refractivity contribution in [2.75, 3.05) is 26.2 Å². The van der Waals surface area contributed by atoms with Crippen LogP contribution >= 0.6 is 0 Å². The number of hydrogen-bond acceptors (Lipinski definition) is 5. The van der Waals surface area contributed by atoms with Gasteiger partial charge in [-0.05, 0) is 26.3 Å². The van der Waals surface area contributed by atoms with Crippen molar-refractivity contribution in [3.8, 4) is 0 Å². The van der Waals surface area contributed by atoms with Gasteiger partial charge in [-0.2, -0.15) is 0 Å². The fourth-order valence-corrected chi connectivity index (χ4v) is 2.70. The highest BCUT2D eigenvalue weighted by molar-refractivity contribution is 5.79. The second-order valence-electron chi connectivity index (χ2n) is 6.05. The van der Waals surface area contributed by atoms with E-state index in [4.69, 9.17) is 0 Å². The molecule has 3 rings (SSSR count). The number of rotatable bonds is 6. The van der Waals surface area contributed by atoms with Crippen molar-refractivity contribution in [2.45, 2.75) is 44.9 Å². The summed E-state index contributed by atoms with van der Waals surface area (Å²) in [6.45, 7) is 6.62. The van der Waals surface area contributed by atoms with E-state index in [1.54, 1.807) is 17.8 Å². The van der Waals surface area contributed by atoms with Gasteiger partial charge in [0.2, 0.25) is 5.91 Å². The molecule has 0 bridgehead atoms. The zero-order chi connectivity index (χ0) is 15.0. The van der Waals surface area contributed by atoms with Gasteiger partial charge in [0.05, 0.1) is 24.9 Å². The third-order valence-corrected chi connectivity index (χ3v) is 4.35. The molecule has 7 nitrogen and oxygen atoms in total. The Hall–Kier alpha value is -1.47. The molecule has 0 spiro atoms. The third kappa shape index (κ3) is 3.08. The number of amides is 1. The fourth-order valence-electron chi connectivity index (χ4n) is 2.70. The van der Waals surface area contributed by atoms with Gasteiger partial charge in [-0.1, -0.05) is 12.1 Å². The minimum atomic E-state index is -0.604. The predicted octanol–water partition coefficient (Wildman–Crippen LogP) is 0.199. The molecule has 0 radical (unpaired) electrons. The molecule has 1 atom stereocenters. The second-order valence-corrected chi connectivity index (χ2v) is 6.05. The van der Waals surface area contributed by atoms with Gasteiger partial charge < -0.3 is 10.0 Å². The summed E-state index contributed by atoms with van der Waals surface area (Å²) >= 11 is 0. The summed E-state index contributed by atoms with van der Waals surface area (Å²) in [7, 11) is 0. The van der Waals surface area contributed by atoms with E-state index in [0.29, 0.717) is 31.4 Å². The monoisotopic (exact) mass is 293 g/mol. The van der Waals surface area contributed by atoms with Crippen LogP contribution in [0.3, 0.4) is 0 Å². The Morgan fingerprint density at radius 3 is 2.76 bits per heavy atom. The zero-order valence-electron chi connectivity index (χ0n) is 12.6. The van der Waals surface area contributed by atoms with Crippen LogP contribution in [-0.4, -0.2) is 68.0 Å². The summed E-state index contributed by atoms with van der Waals surface area (Å²) in [4.78, 5) is 16.4. The number of aliphatic hydroxyl groups excluding tert-OH is 1. The van der Waals surface area contributed by atoms with Gasteiger partial charge in [0.1, 0.15) is 5.69 Å². The van der Waals surface area contributed by atoms with Gasteiger partial charge in [0.15, 0.2) is 0 Å². The molecule has 7 heteroatoms. The standard InChI is InChI=1S/C14H23N5O2/c1-3-17(11-4-5-11)9-14(21)18-6-12(7-18)19-8-13(10(2)20)15-16-19/h8,10-12,20H,3-7,9H2,1-2H3. The highest BCUT2D eigenvalue weighted by atomic mass is 16.3. The number of likely N-dealkylation sites (tertiary alicyclic amines) is 1. The Balaban J connectivity index is 1.49. The number of carbonyl (C=O) groups excluding carboxylic acids is 1. The number of aliphatic hydroxyl groups is 1. The van der Waals surface area contributed by atoms with E-state index in [0.717, 1.165) is 6.54 Å². The summed E-state index contributed by atoms with van der Waals surface area (Å²) in [5.41, 5.74) is 0.575. The normalized spacial score (nSPS) is 20.7. The molecule has 1 amide bonds. The lowest BCUT2D eigenvalue weighted by atomic mass is 10.1. The lowest BCUT2D eigenvalue weighted by Gasteiger charge is -2.39. The molecule has 0 aromatic carbocycles. The van der Waals surface area contributed by atoms with Crippen molar-refractivity contribution in [3.05, 3.63) is 11.9 Å². The van der Waals surface area contributed by atoms with Gasteiger partial charge >= 0.3 is 0 Å². The Labute approximate surface area is 124 Å². The van der Waals surface area contributed by atoms with Crippen LogP contribution in [0, 0.1) is 0 Å². The molecule has 1 saturated carbocycles. The molecule has 21 heavy (non-hydrogen) atoms. The first-order valence-electron chi connectivity index (χ1n) is 7.70. The molecule has 2 aliphatic rings. The van der Waals surface area contributed by atoms with E-state index < -0.39 is 6.10 Å². The Kier molecular flexibility index (Phi) is 3.95. The molecular weight excluding hydrogens is 270 g/mol. The molecule has 2 fully saturated rings. The van der Waals surface area contributed by atoms with Crippen molar-refractivity contribution in [3.63, 3.8) is 0 Å². The van der Waals surface area contributed by atoms with E-state index in [9.17, 15) is 9.90 Å². The van der Waals surface area contributed by atoms with Crippen molar-refractivity contribution < 1.29 is 9.90 Å². The number of hydrogen-bond donors (Lipinski definition) is 1. The average molecular weight is 293 g/mol. The molecule has 1 saturated heterocycles. The van der Waals surface area contributed by atoms with E-state index in [2.05, 4.69) is 22.1 Å². The Bertz CT molecular complexity index is 505. The van der Waals surface area contributed by atoms with Crippen molar-refractivity contribution in [1.82, 2.24) is 24.8 Å². The zero-order valence-corrected chi connectivity index (χ0v) is 12.6. The maximum atomic E-state index is 12.2. The number of carbonyl (C=O) groups is 1. The third-order valence-electron chi connectivity index (χ3n) is 4.35. The van der Waals surface area contributed by atoms with E-state index in [-0.39, 0.29) is 11.9 Å². The van der Waals surface area contributed by atoms with Crippen LogP contribution in [0.4, 0.5) is 0 Å². The number of likely N-dealkylation sites (N-methyl/N-ethyl adjacent to an activating group) is 1. The maximum absolute atomic E-state index is 12.2. The average Bonchev–Trinajstić information content (AvgIpc) is 3.12. The smallest absolute Gasteiger partial charge is 0.236 e. The second kappa shape index (κ2) is 5.73. The Morgan fingerprint density at radius 2 is 2.24 bits per heavy atom. The van der Waals surface area contributed by atoms with Gasteiger partial charge in [0, 0.05) is 19.1 Å². The molecule has 1 aliphatic carbocycles. The van der Waals surface area contributed by atoms with Gasteiger partial charge in [-0.25, -0.2) is 4.68 Å². The van der Waals surface area contributed by atoms with Crippen LogP contribution in [0.2, 0.25) is 0 Å². The van der Waals surface area contributed by atoms with Crippen molar-refractivity contribution >= 4 is 5.91 Å². The molecule has 2 heterocycles. The minimum absolute atomic E-state index is 0.185. The van der Waals surface area contributed by atoms with Crippen LogP contribution in [0.1, 0.15) is 44.5 Å². The van der Waals surface area contributed by atoms with Crippen LogP contribution in [0.25, 0.3) is 0 Å². The first kappa shape index (κ1) is 14.5. The summed E-state index contributed by atoms with van der Waals surface area (Å²) in [6, 6.07) is 0.810. The van der Waals surface area contributed by atoms with E-state index in [1.165, 1.54) is 12.8 Å². The Morgan fingerprint density at radius 1 is 1.52 bits per heavy atom. The van der Waals surface area contributed by atoms with Crippen LogP contribution in [0.15, 0.2) is 6.20 Å². The summed E-state index contributed by atoms with van der Waals surface area (Å²) in [5.74, 6) is 0.205. The molecule has 1 unspecified atom stereocenters. The van der Waals surface area contributed by atoms with Crippen molar-refractivity contribution in [1.29, 1.82) is 0 Å². The van der Waals surface area contributed by atoms with Gasteiger partial charge in [0.25, 0.3) is 0 Å². The molecular formula is C14H23N5O2. The van der Waals surface area contributed by atoms with Crippen LogP contribution in [0.5, 0.6) is 0 Å². The van der Waals surface area contributed by atoms with Crippen LogP contribution < -0.4 is 0 Å². The lowest BCUT2D eigenvalue weighted by Crippen LogP contribution is -2.53. The molecule has 1 aromatic heterocycles. The van der Waals surface area contributed by atoms with Crippen LogP contribution in [-0.2, 0) is 4.79 Å². The van der Waals surface area contributed by atoms with Gasteiger partial charge in [-0.15, -0.1) is 5.10 Å². The molecule has 1 N–H and O–H groups in total. The molecule has 1 aliphatic heterocycles. The maximum Gasteiger partial charge on any atom is 0.236 e. The van der Waals surface area contributed by atoms with E-state index >= 15 is 0 Å². The quantitative estimate of drug-likeness (QED) is 0.811. The SMILES string of the molecule is CCN(CC(=O)N1CC(n2cc(C(C)O)nn2)C1)C1CC1. The predicted molar refractivity (Wildman–Crippen MR) is 76.5 cm³/mol. The lowest BCUT2D eigenvalue weighted by molar-refractivity contribution is -0.138.